The minimum Gasteiger partial charge on any atom is -0.497 e. The van der Waals surface area contributed by atoms with E-state index in [0.29, 0.717) is 34.3 Å². The fourth-order valence-electron chi connectivity index (χ4n) is 3.01. The lowest BCUT2D eigenvalue weighted by atomic mass is 10.2. The molecule has 1 atom stereocenters. The summed E-state index contributed by atoms with van der Waals surface area (Å²) in [5, 5.41) is 3.19. The molecule has 33 heavy (non-hydrogen) atoms. The highest BCUT2D eigenvalue weighted by Gasteiger charge is 2.20. The van der Waals surface area contributed by atoms with E-state index < -0.39 is 16.1 Å². The summed E-state index contributed by atoms with van der Waals surface area (Å²) in [4.78, 5) is 12.7. The Hall–Kier alpha value is -3.23. The van der Waals surface area contributed by atoms with E-state index in [-0.39, 0.29) is 10.8 Å². The molecule has 1 amide bonds. The first-order valence-electron chi connectivity index (χ1n) is 10.2. The van der Waals surface area contributed by atoms with Crippen molar-refractivity contribution in [3.8, 4) is 11.5 Å². The third-order valence-electron chi connectivity index (χ3n) is 4.86. The van der Waals surface area contributed by atoms with Gasteiger partial charge in [0, 0.05) is 16.8 Å². The maximum absolute atomic E-state index is 12.7. The second-order valence-electron chi connectivity index (χ2n) is 7.27. The van der Waals surface area contributed by atoms with Gasteiger partial charge in [-0.25, -0.2) is 8.42 Å². The summed E-state index contributed by atoms with van der Waals surface area (Å²) in [5.74, 6) is 0.796. The fourth-order valence-corrected chi connectivity index (χ4v) is 4.30. The van der Waals surface area contributed by atoms with Crippen LogP contribution < -0.4 is 19.5 Å². The molecule has 0 bridgehead atoms. The molecule has 0 spiro atoms. The molecule has 0 aliphatic rings. The molecular weight excluding hydrogens is 464 g/mol. The van der Waals surface area contributed by atoms with E-state index in [2.05, 4.69) is 10.0 Å². The highest BCUT2D eigenvalue weighted by Crippen LogP contribution is 2.25. The Labute approximate surface area is 198 Å². The van der Waals surface area contributed by atoms with Gasteiger partial charge < -0.3 is 14.8 Å². The molecule has 0 heterocycles. The second-order valence-corrected chi connectivity index (χ2v) is 9.39. The van der Waals surface area contributed by atoms with E-state index >= 15 is 0 Å². The zero-order chi connectivity index (χ0) is 24.0. The molecule has 174 valence electrons. The van der Waals surface area contributed by atoms with Gasteiger partial charge >= 0.3 is 0 Å². The van der Waals surface area contributed by atoms with Gasteiger partial charge in [0.05, 0.1) is 17.7 Å². The van der Waals surface area contributed by atoms with Crippen LogP contribution in [0.2, 0.25) is 5.02 Å². The SMILES string of the molecule is CC[C@H](Oc1cccc(OC)c1)C(=O)Nc1ccc(S(=O)(=O)Nc2cc(Cl)ccc2C)cc1. The number of anilines is 2. The minimum atomic E-state index is -3.82. The molecule has 0 unspecified atom stereocenters. The van der Waals surface area contributed by atoms with E-state index in [1.807, 2.05) is 6.92 Å². The van der Waals surface area contributed by atoms with Gasteiger partial charge in [-0.1, -0.05) is 30.7 Å². The Morgan fingerprint density at radius 1 is 1.03 bits per heavy atom. The van der Waals surface area contributed by atoms with Gasteiger partial charge in [-0.2, -0.15) is 0 Å². The highest BCUT2D eigenvalue weighted by atomic mass is 35.5. The number of aryl methyl sites for hydroxylation is 1. The first-order chi connectivity index (χ1) is 15.7. The second kappa shape index (κ2) is 10.6. The van der Waals surface area contributed by atoms with E-state index in [0.717, 1.165) is 5.56 Å². The van der Waals surface area contributed by atoms with E-state index in [4.69, 9.17) is 21.1 Å². The molecule has 2 N–H and O–H groups in total. The summed E-state index contributed by atoms with van der Waals surface area (Å²) < 4.78 is 39.0. The monoisotopic (exact) mass is 488 g/mol. The quantitative estimate of drug-likeness (QED) is 0.429. The number of methoxy groups -OCH3 is 1. The van der Waals surface area contributed by atoms with E-state index in [1.165, 1.54) is 24.3 Å². The first-order valence-corrected chi connectivity index (χ1v) is 12.1. The average Bonchev–Trinajstić information content (AvgIpc) is 2.80. The highest BCUT2D eigenvalue weighted by molar-refractivity contribution is 7.92. The van der Waals surface area contributed by atoms with Crippen LogP contribution in [0.25, 0.3) is 0 Å². The van der Waals surface area contributed by atoms with Gasteiger partial charge in [0.25, 0.3) is 15.9 Å². The van der Waals surface area contributed by atoms with Gasteiger partial charge in [-0.15, -0.1) is 0 Å². The van der Waals surface area contributed by atoms with Crippen molar-refractivity contribution in [2.45, 2.75) is 31.3 Å². The number of carbonyl (C=O) groups is 1. The van der Waals surface area contributed by atoms with Gasteiger partial charge in [-0.05, 0) is 67.4 Å². The molecule has 3 aromatic rings. The molecule has 3 rings (SSSR count). The van der Waals surface area contributed by atoms with E-state index in [9.17, 15) is 13.2 Å². The summed E-state index contributed by atoms with van der Waals surface area (Å²) in [6.07, 6.45) is -0.286. The predicted molar refractivity (Wildman–Crippen MR) is 130 cm³/mol. The Bertz CT molecular complexity index is 1230. The molecule has 0 saturated heterocycles. The van der Waals surface area contributed by atoms with Crippen LogP contribution in [-0.4, -0.2) is 27.5 Å². The summed E-state index contributed by atoms with van der Waals surface area (Å²) in [7, 11) is -2.27. The number of nitrogens with one attached hydrogen (secondary N) is 2. The van der Waals surface area contributed by atoms with Crippen LogP contribution in [0.1, 0.15) is 18.9 Å². The number of hydrogen-bond acceptors (Lipinski definition) is 5. The van der Waals surface area contributed by atoms with Crippen LogP contribution in [0.4, 0.5) is 11.4 Å². The Morgan fingerprint density at radius 2 is 1.73 bits per heavy atom. The molecule has 0 fully saturated rings. The van der Waals surface area contributed by atoms with Gasteiger partial charge in [-0.3, -0.25) is 9.52 Å². The smallest absolute Gasteiger partial charge is 0.265 e. The predicted octanol–water partition coefficient (Wildman–Crippen LogP) is 5.25. The standard InChI is InChI=1S/C24H25ClN2O5S/c1-4-23(32-20-7-5-6-19(15-20)31-3)24(28)26-18-10-12-21(13-11-18)33(29,30)27-22-14-17(25)9-8-16(22)2/h5-15,23,27H,4H2,1-3H3,(H,26,28)/t23-/m0/s1. The molecule has 0 aliphatic carbocycles. The van der Waals surface area contributed by atoms with Crippen molar-refractivity contribution < 1.29 is 22.7 Å². The Kier molecular flexibility index (Phi) is 7.84. The molecule has 0 aliphatic heterocycles. The summed E-state index contributed by atoms with van der Waals surface area (Å²) in [5.41, 5.74) is 1.60. The molecule has 7 nitrogen and oxygen atoms in total. The van der Waals surface area contributed by atoms with Crippen molar-refractivity contribution in [2.24, 2.45) is 0 Å². The number of halogens is 1. The fraction of sp³-hybridized carbons (Fsp3) is 0.208. The van der Waals surface area contributed by atoms with Crippen molar-refractivity contribution in [2.75, 3.05) is 17.1 Å². The first kappa shape index (κ1) is 24.4. The summed E-state index contributed by atoms with van der Waals surface area (Å²) >= 11 is 5.97. The minimum absolute atomic E-state index is 0.0551. The van der Waals surface area contributed by atoms with Crippen LogP contribution in [-0.2, 0) is 14.8 Å². The van der Waals surface area contributed by atoms with Crippen LogP contribution in [0.15, 0.2) is 71.6 Å². The maximum Gasteiger partial charge on any atom is 0.265 e. The normalized spacial score (nSPS) is 12.0. The van der Waals surface area contributed by atoms with Gasteiger partial charge in [0.1, 0.15) is 11.5 Å². The van der Waals surface area contributed by atoms with Gasteiger partial charge in [0.15, 0.2) is 6.10 Å². The van der Waals surface area contributed by atoms with E-state index in [1.54, 1.807) is 56.5 Å². The number of amides is 1. The third-order valence-corrected chi connectivity index (χ3v) is 6.48. The topological polar surface area (TPSA) is 93.7 Å². The lowest BCUT2D eigenvalue weighted by Gasteiger charge is -2.18. The number of ether oxygens (including phenoxy) is 2. The molecule has 0 aromatic heterocycles. The van der Waals surface area contributed by atoms with Crippen molar-refractivity contribution in [3.63, 3.8) is 0 Å². The number of carbonyl (C=O) groups excluding carboxylic acids is 1. The lowest BCUT2D eigenvalue weighted by Crippen LogP contribution is -2.32. The van der Waals surface area contributed by atoms with Crippen LogP contribution in [0.5, 0.6) is 11.5 Å². The Morgan fingerprint density at radius 3 is 2.39 bits per heavy atom. The maximum atomic E-state index is 12.7. The molecule has 0 radical (unpaired) electrons. The number of benzene rings is 3. The molecule has 9 heteroatoms. The lowest BCUT2D eigenvalue weighted by molar-refractivity contribution is -0.122. The van der Waals surface area contributed by atoms with Crippen molar-refractivity contribution >= 4 is 38.9 Å². The van der Waals surface area contributed by atoms with Crippen molar-refractivity contribution in [3.05, 3.63) is 77.3 Å². The van der Waals surface area contributed by atoms with Crippen LogP contribution in [0.3, 0.4) is 0 Å². The zero-order valence-electron chi connectivity index (χ0n) is 18.5. The van der Waals surface area contributed by atoms with Crippen LogP contribution in [0, 0.1) is 6.92 Å². The largest absolute Gasteiger partial charge is 0.497 e. The summed E-state index contributed by atoms with van der Waals surface area (Å²) in [6, 6.07) is 17.9. The average molecular weight is 489 g/mol. The molecule has 0 saturated carbocycles. The van der Waals surface area contributed by atoms with Crippen LogP contribution >= 0.6 is 11.6 Å². The third kappa shape index (κ3) is 6.40. The van der Waals surface area contributed by atoms with Crippen molar-refractivity contribution in [1.29, 1.82) is 0 Å². The molecule has 3 aromatic carbocycles. The van der Waals surface area contributed by atoms with Crippen molar-refractivity contribution in [1.82, 2.24) is 0 Å². The zero-order valence-corrected chi connectivity index (χ0v) is 20.0. The summed E-state index contributed by atoms with van der Waals surface area (Å²) in [6.45, 7) is 3.62. The number of rotatable bonds is 9. The number of sulfonamides is 1. The van der Waals surface area contributed by atoms with Gasteiger partial charge in [0.2, 0.25) is 0 Å². The number of hydrogen-bond donors (Lipinski definition) is 2. The Balaban J connectivity index is 1.68. The molecular formula is C24H25ClN2O5S.